The molecule has 0 radical (unpaired) electrons. The highest BCUT2D eigenvalue weighted by atomic mass is 16.5. The minimum atomic E-state index is -0.288. The number of aromatic nitrogens is 3. The minimum absolute atomic E-state index is 0.288. The van der Waals surface area contributed by atoms with Crippen molar-refractivity contribution >= 4 is 5.91 Å². The molecule has 1 amide bonds. The Morgan fingerprint density at radius 1 is 1.65 bits per heavy atom. The molecule has 0 unspecified atom stereocenters. The number of hydrogen-bond donors (Lipinski definition) is 1. The normalized spacial score (nSPS) is 17.0. The van der Waals surface area contributed by atoms with Crippen molar-refractivity contribution in [1.29, 1.82) is 0 Å². The maximum absolute atomic E-state index is 10.7. The number of nitrogens with zero attached hydrogens (tertiary/aromatic N) is 4. The Morgan fingerprint density at radius 2 is 2.41 bits per heavy atom. The third kappa shape index (κ3) is 2.80. The molecule has 1 aromatic rings. The Hall–Kier alpha value is -1.47. The minimum Gasteiger partial charge on any atom is -0.383 e. The van der Waals surface area contributed by atoms with Gasteiger partial charge >= 0.3 is 0 Å². The number of carbonyl (C=O) groups is 1. The fourth-order valence-corrected chi connectivity index (χ4v) is 2.02. The largest absolute Gasteiger partial charge is 0.383 e. The van der Waals surface area contributed by atoms with Crippen molar-refractivity contribution in [3.63, 3.8) is 0 Å². The summed E-state index contributed by atoms with van der Waals surface area (Å²) in [6, 6.07) is 0. The van der Waals surface area contributed by atoms with Gasteiger partial charge in [-0.2, -0.15) is 0 Å². The first-order valence-electron chi connectivity index (χ1n) is 5.58. The number of carbonyl (C=O) groups excluding carboxylic acids is 1. The first-order valence-corrected chi connectivity index (χ1v) is 5.58. The summed E-state index contributed by atoms with van der Waals surface area (Å²) in [5.41, 5.74) is 5.13. The van der Waals surface area contributed by atoms with Crippen LogP contribution in [0.15, 0.2) is 6.33 Å². The zero-order chi connectivity index (χ0) is 12.3. The van der Waals surface area contributed by atoms with E-state index in [1.165, 1.54) is 0 Å². The zero-order valence-electron chi connectivity index (χ0n) is 9.87. The highest BCUT2D eigenvalue weighted by Crippen LogP contribution is 2.24. The standard InChI is InChI=1S/C10H17N5O2/c1-17-3-2-15-7-12-13-10(15)8-4-14(5-8)6-9(11)16/h7-8H,2-6H2,1H3,(H2,11,16). The lowest BCUT2D eigenvalue weighted by Gasteiger charge is -2.37. The van der Waals surface area contributed by atoms with Crippen molar-refractivity contribution in [3.8, 4) is 0 Å². The van der Waals surface area contributed by atoms with Crippen molar-refractivity contribution in [1.82, 2.24) is 19.7 Å². The van der Waals surface area contributed by atoms with E-state index in [0.29, 0.717) is 19.1 Å². The molecule has 0 bridgehead atoms. The first-order chi connectivity index (χ1) is 8.20. The molecule has 0 atom stereocenters. The van der Waals surface area contributed by atoms with Gasteiger partial charge in [-0.1, -0.05) is 0 Å². The summed E-state index contributed by atoms with van der Waals surface area (Å²) in [7, 11) is 1.67. The van der Waals surface area contributed by atoms with Crippen LogP contribution in [-0.4, -0.2) is 58.9 Å². The molecule has 0 aliphatic carbocycles. The molecule has 0 aromatic carbocycles. The number of ether oxygens (including phenoxy) is 1. The second kappa shape index (κ2) is 5.24. The maximum atomic E-state index is 10.7. The third-order valence-corrected chi connectivity index (χ3v) is 2.88. The predicted molar refractivity (Wildman–Crippen MR) is 60.3 cm³/mol. The van der Waals surface area contributed by atoms with E-state index in [1.807, 2.05) is 9.47 Å². The first kappa shape index (κ1) is 12.0. The van der Waals surface area contributed by atoms with E-state index in [0.717, 1.165) is 25.5 Å². The summed E-state index contributed by atoms with van der Waals surface area (Å²) in [5.74, 6) is 1.01. The fraction of sp³-hybridized carbons (Fsp3) is 0.700. The molecule has 2 heterocycles. The molecule has 1 aliphatic rings. The number of rotatable bonds is 6. The van der Waals surface area contributed by atoms with Crippen molar-refractivity contribution in [2.75, 3.05) is 33.4 Å². The third-order valence-electron chi connectivity index (χ3n) is 2.88. The number of hydrogen-bond acceptors (Lipinski definition) is 5. The fourth-order valence-electron chi connectivity index (χ4n) is 2.02. The number of methoxy groups -OCH3 is 1. The van der Waals surface area contributed by atoms with E-state index in [-0.39, 0.29) is 5.91 Å². The highest BCUT2D eigenvalue weighted by Gasteiger charge is 2.32. The van der Waals surface area contributed by atoms with Gasteiger partial charge < -0.3 is 15.0 Å². The van der Waals surface area contributed by atoms with Gasteiger partial charge in [-0.3, -0.25) is 9.69 Å². The summed E-state index contributed by atoms with van der Waals surface area (Å²) in [6.45, 7) is 3.35. The van der Waals surface area contributed by atoms with Gasteiger partial charge in [0.25, 0.3) is 0 Å². The molecule has 1 saturated heterocycles. The van der Waals surface area contributed by atoms with Crippen LogP contribution in [0.1, 0.15) is 11.7 Å². The molecule has 2 N–H and O–H groups in total. The summed E-state index contributed by atoms with van der Waals surface area (Å²) in [5, 5.41) is 8.03. The number of likely N-dealkylation sites (tertiary alicyclic amines) is 1. The van der Waals surface area contributed by atoms with E-state index in [9.17, 15) is 4.79 Å². The van der Waals surface area contributed by atoms with Crippen molar-refractivity contribution in [2.45, 2.75) is 12.5 Å². The van der Waals surface area contributed by atoms with Crippen LogP contribution < -0.4 is 5.73 Å². The summed E-state index contributed by atoms with van der Waals surface area (Å²) < 4.78 is 7.02. The van der Waals surface area contributed by atoms with Crippen LogP contribution in [0.5, 0.6) is 0 Å². The molecule has 1 aliphatic heterocycles. The van der Waals surface area contributed by atoms with Gasteiger partial charge in [-0.25, -0.2) is 0 Å². The molecule has 94 valence electrons. The van der Waals surface area contributed by atoms with E-state index in [1.54, 1.807) is 13.4 Å². The molecule has 2 rings (SSSR count). The Morgan fingerprint density at radius 3 is 3.06 bits per heavy atom. The van der Waals surface area contributed by atoms with Gasteiger partial charge in [0.05, 0.1) is 13.2 Å². The van der Waals surface area contributed by atoms with Gasteiger partial charge in [-0.05, 0) is 0 Å². The van der Waals surface area contributed by atoms with Gasteiger partial charge in [0.1, 0.15) is 12.2 Å². The van der Waals surface area contributed by atoms with E-state index in [4.69, 9.17) is 10.5 Å². The van der Waals surface area contributed by atoms with Crippen LogP contribution in [0.25, 0.3) is 0 Å². The second-order valence-corrected chi connectivity index (χ2v) is 4.23. The Labute approximate surface area is 99.5 Å². The highest BCUT2D eigenvalue weighted by molar-refractivity contribution is 5.76. The van der Waals surface area contributed by atoms with Crippen LogP contribution in [0.4, 0.5) is 0 Å². The second-order valence-electron chi connectivity index (χ2n) is 4.23. The molecule has 1 aromatic heterocycles. The van der Waals surface area contributed by atoms with Crippen molar-refractivity contribution in [2.24, 2.45) is 5.73 Å². The molecule has 1 fully saturated rings. The van der Waals surface area contributed by atoms with Crippen LogP contribution in [0.3, 0.4) is 0 Å². The Bertz CT molecular complexity index is 386. The van der Waals surface area contributed by atoms with Crippen molar-refractivity contribution in [3.05, 3.63) is 12.2 Å². The van der Waals surface area contributed by atoms with Crippen LogP contribution >= 0.6 is 0 Å². The molecule has 7 heteroatoms. The lowest BCUT2D eigenvalue weighted by atomic mass is 9.99. The predicted octanol–water partition coefficient (Wildman–Crippen LogP) is -1.19. The molecule has 7 nitrogen and oxygen atoms in total. The van der Waals surface area contributed by atoms with Crippen LogP contribution in [0.2, 0.25) is 0 Å². The molecular weight excluding hydrogens is 222 g/mol. The maximum Gasteiger partial charge on any atom is 0.231 e. The number of primary amides is 1. The number of nitrogens with two attached hydrogens (primary N) is 1. The van der Waals surface area contributed by atoms with Gasteiger partial charge in [-0.15, -0.1) is 10.2 Å². The average molecular weight is 239 g/mol. The molecule has 17 heavy (non-hydrogen) atoms. The van der Waals surface area contributed by atoms with Gasteiger partial charge in [0.2, 0.25) is 5.91 Å². The van der Waals surface area contributed by atoms with Crippen LogP contribution in [-0.2, 0) is 16.1 Å². The lowest BCUT2D eigenvalue weighted by molar-refractivity contribution is -0.120. The zero-order valence-corrected chi connectivity index (χ0v) is 9.87. The smallest absolute Gasteiger partial charge is 0.231 e. The van der Waals surface area contributed by atoms with E-state index < -0.39 is 0 Å². The average Bonchev–Trinajstić information content (AvgIpc) is 2.67. The van der Waals surface area contributed by atoms with E-state index in [2.05, 4.69) is 10.2 Å². The molecule has 0 saturated carbocycles. The topological polar surface area (TPSA) is 86.3 Å². The molecule has 0 spiro atoms. The SMILES string of the molecule is COCCn1cnnc1C1CN(CC(N)=O)C1. The Balaban J connectivity index is 1.87. The summed E-state index contributed by atoms with van der Waals surface area (Å²) in [4.78, 5) is 12.7. The summed E-state index contributed by atoms with van der Waals surface area (Å²) in [6.07, 6.45) is 1.71. The van der Waals surface area contributed by atoms with Crippen molar-refractivity contribution < 1.29 is 9.53 Å². The molecular formula is C10H17N5O2. The quantitative estimate of drug-likeness (QED) is 0.674. The summed E-state index contributed by atoms with van der Waals surface area (Å²) >= 11 is 0. The van der Waals surface area contributed by atoms with Gasteiger partial charge in [0.15, 0.2) is 0 Å². The number of amides is 1. The van der Waals surface area contributed by atoms with E-state index >= 15 is 0 Å². The monoisotopic (exact) mass is 239 g/mol. The lowest BCUT2D eigenvalue weighted by Crippen LogP contribution is -2.49. The van der Waals surface area contributed by atoms with Crippen LogP contribution in [0, 0.1) is 0 Å². The van der Waals surface area contributed by atoms with Gasteiger partial charge in [0, 0.05) is 32.7 Å². The Kier molecular flexibility index (Phi) is 3.70.